The van der Waals surface area contributed by atoms with Crippen LogP contribution in [-0.4, -0.2) is 24.2 Å². The first-order valence-corrected chi connectivity index (χ1v) is 6.31. The Hall–Kier alpha value is -0.570. The van der Waals surface area contributed by atoms with E-state index in [9.17, 15) is 9.90 Å². The maximum Gasteiger partial charge on any atom is 0.223 e. The van der Waals surface area contributed by atoms with Crippen molar-refractivity contribution in [2.75, 3.05) is 13.2 Å². The molecule has 3 heteroatoms. The predicted octanol–water partition coefficient (Wildman–Crippen LogP) is 2.19. The van der Waals surface area contributed by atoms with E-state index < -0.39 is 0 Å². The van der Waals surface area contributed by atoms with Crippen molar-refractivity contribution in [3.63, 3.8) is 0 Å². The zero-order chi connectivity index (χ0) is 12.8. The number of aliphatic hydroxyl groups is 1. The number of nitrogens with one attached hydrogen (secondary N) is 1. The van der Waals surface area contributed by atoms with E-state index in [0.29, 0.717) is 12.5 Å². The standard InChI is InChI=1S/C13H27NO2/c1-6-13(7-2,9-15)8-14-12(16)11(5)10(3)4/h10-11,15H,6-9H2,1-5H3,(H,14,16). The van der Waals surface area contributed by atoms with E-state index in [1.54, 1.807) is 0 Å². The first-order valence-electron chi connectivity index (χ1n) is 6.31. The molecule has 0 saturated heterocycles. The molecule has 0 fully saturated rings. The van der Waals surface area contributed by atoms with Gasteiger partial charge in [0.2, 0.25) is 5.91 Å². The molecule has 0 rings (SSSR count). The summed E-state index contributed by atoms with van der Waals surface area (Å²) in [5, 5.41) is 12.3. The molecule has 0 saturated carbocycles. The lowest BCUT2D eigenvalue weighted by atomic mass is 9.83. The molecule has 0 aliphatic heterocycles. The third-order valence-electron chi connectivity index (χ3n) is 3.89. The minimum atomic E-state index is -0.146. The molecule has 3 nitrogen and oxygen atoms in total. The number of carbonyl (C=O) groups excluding carboxylic acids is 1. The molecule has 0 aliphatic carbocycles. The molecular formula is C13H27NO2. The quantitative estimate of drug-likeness (QED) is 0.703. The first-order chi connectivity index (χ1) is 7.42. The minimum absolute atomic E-state index is 0.0325. The van der Waals surface area contributed by atoms with Gasteiger partial charge in [-0.15, -0.1) is 0 Å². The normalized spacial score (nSPS) is 13.9. The van der Waals surface area contributed by atoms with E-state index in [4.69, 9.17) is 0 Å². The molecule has 0 heterocycles. The SMILES string of the molecule is CCC(CC)(CO)CNC(=O)C(C)C(C)C. The van der Waals surface area contributed by atoms with Crippen molar-refractivity contribution in [1.29, 1.82) is 0 Å². The van der Waals surface area contributed by atoms with Gasteiger partial charge in [0, 0.05) is 17.9 Å². The van der Waals surface area contributed by atoms with Gasteiger partial charge in [-0.05, 0) is 18.8 Å². The Bertz CT molecular complexity index is 202. The van der Waals surface area contributed by atoms with E-state index in [-0.39, 0.29) is 23.8 Å². The topological polar surface area (TPSA) is 49.3 Å². The van der Waals surface area contributed by atoms with Crippen LogP contribution in [0.1, 0.15) is 47.5 Å². The summed E-state index contributed by atoms with van der Waals surface area (Å²) in [6.07, 6.45) is 1.77. The molecule has 1 amide bonds. The monoisotopic (exact) mass is 229 g/mol. The Labute approximate surface area is 99.6 Å². The predicted molar refractivity (Wildman–Crippen MR) is 67.1 cm³/mol. The van der Waals surface area contributed by atoms with Crippen molar-refractivity contribution >= 4 is 5.91 Å². The molecule has 0 aromatic rings. The summed E-state index contributed by atoms with van der Waals surface area (Å²) < 4.78 is 0. The summed E-state index contributed by atoms with van der Waals surface area (Å²) in [5.41, 5.74) is -0.146. The number of hydrogen-bond donors (Lipinski definition) is 2. The maximum absolute atomic E-state index is 11.8. The average Bonchev–Trinajstić information content (AvgIpc) is 2.30. The van der Waals surface area contributed by atoms with Gasteiger partial charge in [0.05, 0.1) is 6.61 Å². The van der Waals surface area contributed by atoms with Crippen LogP contribution in [0.3, 0.4) is 0 Å². The summed E-state index contributed by atoms with van der Waals surface area (Å²) in [6, 6.07) is 0. The number of rotatable bonds is 7. The minimum Gasteiger partial charge on any atom is -0.396 e. The van der Waals surface area contributed by atoms with Crippen LogP contribution in [0.15, 0.2) is 0 Å². The maximum atomic E-state index is 11.8. The molecule has 16 heavy (non-hydrogen) atoms. The summed E-state index contributed by atoms with van der Waals surface area (Å²) >= 11 is 0. The molecule has 0 aliphatic rings. The van der Waals surface area contributed by atoms with Gasteiger partial charge in [-0.3, -0.25) is 4.79 Å². The van der Waals surface area contributed by atoms with Gasteiger partial charge in [-0.25, -0.2) is 0 Å². The lowest BCUT2D eigenvalue weighted by Gasteiger charge is -2.30. The molecule has 0 bridgehead atoms. The van der Waals surface area contributed by atoms with Crippen molar-refractivity contribution < 1.29 is 9.90 Å². The second-order valence-electron chi connectivity index (χ2n) is 5.12. The fourth-order valence-corrected chi connectivity index (χ4v) is 1.52. The van der Waals surface area contributed by atoms with Gasteiger partial charge < -0.3 is 10.4 Å². The summed E-state index contributed by atoms with van der Waals surface area (Å²) in [6.45, 7) is 10.9. The number of hydrogen-bond acceptors (Lipinski definition) is 2. The van der Waals surface area contributed by atoms with Gasteiger partial charge in [-0.2, -0.15) is 0 Å². The molecule has 0 aromatic heterocycles. The van der Waals surface area contributed by atoms with Gasteiger partial charge in [0.1, 0.15) is 0 Å². The second kappa shape index (κ2) is 6.89. The van der Waals surface area contributed by atoms with Gasteiger partial charge in [-0.1, -0.05) is 34.6 Å². The number of carbonyl (C=O) groups is 1. The van der Waals surface area contributed by atoms with Crippen molar-refractivity contribution in [3.05, 3.63) is 0 Å². The van der Waals surface area contributed by atoms with E-state index in [1.807, 2.05) is 20.8 Å². The highest BCUT2D eigenvalue weighted by Crippen LogP contribution is 2.24. The molecule has 1 unspecified atom stereocenters. The summed E-state index contributed by atoms with van der Waals surface area (Å²) in [4.78, 5) is 11.8. The van der Waals surface area contributed by atoms with Crippen LogP contribution in [-0.2, 0) is 4.79 Å². The third kappa shape index (κ3) is 4.12. The van der Waals surface area contributed by atoms with Gasteiger partial charge in [0.25, 0.3) is 0 Å². The zero-order valence-electron chi connectivity index (χ0n) is 11.3. The van der Waals surface area contributed by atoms with Crippen LogP contribution in [0, 0.1) is 17.3 Å². The first kappa shape index (κ1) is 15.4. The molecule has 0 radical (unpaired) electrons. The largest absolute Gasteiger partial charge is 0.396 e. The Kier molecular flexibility index (Phi) is 6.65. The molecule has 0 spiro atoms. The molecular weight excluding hydrogens is 202 g/mol. The third-order valence-corrected chi connectivity index (χ3v) is 3.89. The highest BCUT2D eigenvalue weighted by molar-refractivity contribution is 5.78. The molecule has 1 atom stereocenters. The van der Waals surface area contributed by atoms with Gasteiger partial charge in [0.15, 0.2) is 0 Å². The van der Waals surface area contributed by atoms with Crippen LogP contribution in [0.4, 0.5) is 0 Å². The molecule has 0 aromatic carbocycles. The van der Waals surface area contributed by atoms with Crippen LogP contribution in [0.2, 0.25) is 0 Å². The number of aliphatic hydroxyl groups excluding tert-OH is 1. The lowest BCUT2D eigenvalue weighted by molar-refractivity contribution is -0.126. The Morgan fingerprint density at radius 3 is 2.06 bits per heavy atom. The van der Waals surface area contributed by atoms with Crippen LogP contribution >= 0.6 is 0 Å². The zero-order valence-corrected chi connectivity index (χ0v) is 11.3. The van der Waals surface area contributed by atoms with Crippen molar-refractivity contribution in [2.45, 2.75) is 47.5 Å². The van der Waals surface area contributed by atoms with Crippen molar-refractivity contribution in [1.82, 2.24) is 5.32 Å². The van der Waals surface area contributed by atoms with Gasteiger partial charge >= 0.3 is 0 Å². The second-order valence-corrected chi connectivity index (χ2v) is 5.12. The van der Waals surface area contributed by atoms with Crippen LogP contribution in [0.25, 0.3) is 0 Å². The van der Waals surface area contributed by atoms with Crippen molar-refractivity contribution in [2.24, 2.45) is 17.3 Å². The fraction of sp³-hybridized carbons (Fsp3) is 0.923. The number of amides is 1. The van der Waals surface area contributed by atoms with E-state index in [1.165, 1.54) is 0 Å². The molecule has 2 N–H and O–H groups in total. The smallest absolute Gasteiger partial charge is 0.223 e. The Balaban J connectivity index is 4.26. The van der Waals surface area contributed by atoms with Crippen LogP contribution < -0.4 is 5.32 Å². The lowest BCUT2D eigenvalue weighted by Crippen LogP contribution is -2.42. The Morgan fingerprint density at radius 1 is 1.25 bits per heavy atom. The van der Waals surface area contributed by atoms with Crippen molar-refractivity contribution in [3.8, 4) is 0 Å². The highest BCUT2D eigenvalue weighted by atomic mass is 16.3. The van der Waals surface area contributed by atoms with E-state index in [0.717, 1.165) is 12.8 Å². The highest BCUT2D eigenvalue weighted by Gasteiger charge is 2.27. The average molecular weight is 229 g/mol. The molecule has 96 valence electrons. The van der Waals surface area contributed by atoms with Crippen LogP contribution in [0.5, 0.6) is 0 Å². The Morgan fingerprint density at radius 2 is 1.75 bits per heavy atom. The van der Waals surface area contributed by atoms with E-state index >= 15 is 0 Å². The van der Waals surface area contributed by atoms with E-state index in [2.05, 4.69) is 19.2 Å². The summed E-state index contributed by atoms with van der Waals surface area (Å²) in [7, 11) is 0. The fourth-order valence-electron chi connectivity index (χ4n) is 1.52. The summed E-state index contributed by atoms with van der Waals surface area (Å²) in [5.74, 6) is 0.478.